The van der Waals surface area contributed by atoms with E-state index in [-0.39, 0.29) is 36.7 Å². The molecule has 0 aromatic rings. The molecule has 136 valence electrons. The summed E-state index contributed by atoms with van der Waals surface area (Å²) in [4.78, 5) is 14.6. The molecule has 9 heteroatoms. The largest absolute Gasteiger partial charge is 0.339 e. The normalized spacial score (nSPS) is 47.2. The number of hydrogen-bond acceptors (Lipinski definition) is 6. The Kier molecular flexibility index (Phi) is 4.70. The summed E-state index contributed by atoms with van der Waals surface area (Å²) in [6.45, 7) is 2.91. The molecule has 3 saturated heterocycles. The van der Waals surface area contributed by atoms with Crippen LogP contribution in [-0.2, 0) is 4.79 Å². The number of carbonyl (C=O) groups excluding carboxylic acids is 1. The average Bonchev–Trinajstić information content (AvgIpc) is 3.12. The SMILES string of the molecule is O=C1NC(C2CCC(N3CCNC3)NN2)NC2CCC(F)C(F)C12. The van der Waals surface area contributed by atoms with Gasteiger partial charge in [-0.15, -0.1) is 0 Å². The van der Waals surface area contributed by atoms with E-state index in [0.29, 0.717) is 6.42 Å². The summed E-state index contributed by atoms with van der Waals surface area (Å²) in [5, 5.41) is 9.47. The Balaban J connectivity index is 1.34. The van der Waals surface area contributed by atoms with Crippen LogP contribution in [0.4, 0.5) is 8.78 Å². The fraction of sp³-hybridized carbons (Fsp3) is 0.933. The molecule has 7 nitrogen and oxygen atoms in total. The van der Waals surface area contributed by atoms with Crippen molar-refractivity contribution in [1.29, 1.82) is 0 Å². The van der Waals surface area contributed by atoms with Crippen molar-refractivity contribution < 1.29 is 13.6 Å². The zero-order valence-electron chi connectivity index (χ0n) is 13.6. The number of rotatable bonds is 2. The molecule has 0 bridgehead atoms. The van der Waals surface area contributed by atoms with Crippen LogP contribution >= 0.6 is 0 Å². The quantitative estimate of drug-likeness (QED) is 0.439. The monoisotopic (exact) mass is 344 g/mol. The summed E-state index contributed by atoms with van der Waals surface area (Å²) in [6, 6.07) is -0.254. The van der Waals surface area contributed by atoms with E-state index in [0.717, 1.165) is 32.6 Å². The van der Waals surface area contributed by atoms with E-state index >= 15 is 0 Å². The topological polar surface area (TPSA) is 80.5 Å². The zero-order chi connectivity index (χ0) is 16.7. The van der Waals surface area contributed by atoms with Gasteiger partial charge < -0.3 is 10.6 Å². The third-order valence-electron chi connectivity index (χ3n) is 5.79. The number of carbonyl (C=O) groups is 1. The number of halogens is 2. The van der Waals surface area contributed by atoms with Crippen molar-refractivity contribution in [3.05, 3.63) is 0 Å². The van der Waals surface area contributed by atoms with E-state index in [1.54, 1.807) is 0 Å². The van der Waals surface area contributed by atoms with Crippen LogP contribution < -0.4 is 26.8 Å². The van der Waals surface area contributed by atoms with Crippen molar-refractivity contribution in [3.63, 3.8) is 0 Å². The van der Waals surface area contributed by atoms with Crippen molar-refractivity contribution in [2.24, 2.45) is 5.92 Å². The molecule has 5 N–H and O–H groups in total. The Hall–Kier alpha value is -0.870. The Morgan fingerprint density at radius 2 is 1.88 bits per heavy atom. The maximum Gasteiger partial charge on any atom is 0.229 e. The lowest BCUT2D eigenvalue weighted by Crippen LogP contribution is -2.73. The van der Waals surface area contributed by atoms with Crippen LogP contribution in [0, 0.1) is 5.92 Å². The molecule has 3 heterocycles. The number of amides is 1. The zero-order valence-corrected chi connectivity index (χ0v) is 13.6. The van der Waals surface area contributed by atoms with Gasteiger partial charge in [0.1, 0.15) is 12.3 Å². The van der Waals surface area contributed by atoms with Crippen LogP contribution in [0.5, 0.6) is 0 Å². The highest BCUT2D eigenvalue weighted by Crippen LogP contribution is 2.32. The molecule has 4 rings (SSSR count). The van der Waals surface area contributed by atoms with E-state index < -0.39 is 18.3 Å². The minimum atomic E-state index is -1.71. The van der Waals surface area contributed by atoms with Gasteiger partial charge in [-0.1, -0.05) is 0 Å². The molecule has 1 saturated carbocycles. The summed E-state index contributed by atoms with van der Waals surface area (Å²) in [7, 11) is 0. The third kappa shape index (κ3) is 3.03. The van der Waals surface area contributed by atoms with Crippen LogP contribution in [0.2, 0.25) is 0 Å². The summed E-state index contributed by atoms with van der Waals surface area (Å²) >= 11 is 0. The van der Waals surface area contributed by atoms with Crippen LogP contribution in [0.1, 0.15) is 25.7 Å². The summed E-state index contributed by atoms with van der Waals surface area (Å²) in [5.41, 5.74) is 6.61. The first kappa shape index (κ1) is 16.6. The molecule has 4 aliphatic rings. The van der Waals surface area contributed by atoms with Crippen LogP contribution in [0.3, 0.4) is 0 Å². The van der Waals surface area contributed by atoms with Crippen molar-refractivity contribution in [2.75, 3.05) is 19.8 Å². The van der Waals surface area contributed by atoms with Crippen molar-refractivity contribution in [2.45, 2.75) is 62.4 Å². The summed E-state index contributed by atoms with van der Waals surface area (Å²) < 4.78 is 27.6. The maximum absolute atomic E-state index is 14.0. The van der Waals surface area contributed by atoms with Crippen LogP contribution in [0.25, 0.3) is 0 Å². The van der Waals surface area contributed by atoms with Crippen molar-refractivity contribution >= 4 is 5.91 Å². The van der Waals surface area contributed by atoms with Crippen LogP contribution in [-0.4, -0.2) is 67.3 Å². The second-order valence-corrected chi connectivity index (χ2v) is 7.28. The second-order valence-electron chi connectivity index (χ2n) is 7.28. The smallest absolute Gasteiger partial charge is 0.229 e. The van der Waals surface area contributed by atoms with Crippen LogP contribution in [0.15, 0.2) is 0 Å². The number of nitrogens with zero attached hydrogens (tertiary/aromatic N) is 1. The van der Waals surface area contributed by atoms with Gasteiger partial charge in [0, 0.05) is 25.8 Å². The van der Waals surface area contributed by atoms with Crippen molar-refractivity contribution in [3.8, 4) is 0 Å². The predicted molar refractivity (Wildman–Crippen MR) is 84.0 cm³/mol. The van der Waals surface area contributed by atoms with E-state index in [9.17, 15) is 13.6 Å². The molecule has 7 unspecified atom stereocenters. The van der Waals surface area contributed by atoms with E-state index in [2.05, 4.69) is 31.7 Å². The molecule has 1 aliphatic carbocycles. The predicted octanol–water partition coefficient (Wildman–Crippen LogP) is -1.07. The number of alkyl halides is 2. The lowest BCUT2D eigenvalue weighted by Gasteiger charge is -2.46. The maximum atomic E-state index is 14.0. The highest BCUT2D eigenvalue weighted by Gasteiger charge is 2.49. The number of hydrogen-bond donors (Lipinski definition) is 5. The van der Waals surface area contributed by atoms with Gasteiger partial charge in [0.2, 0.25) is 5.91 Å². The Labute approximate surface area is 140 Å². The van der Waals surface area contributed by atoms with Gasteiger partial charge in [-0.05, 0) is 25.7 Å². The molecular formula is C15H26F2N6O. The molecule has 7 atom stereocenters. The molecule has 0 aromatic carbocycles. The summed E-state index contributed by atoms with van der Waals surface area (Å²) in [5.74, 6) is -1.28. The first-order chi connectivity index (χ1) is 11.6. The molecule has 0 radical (unpaired) electrons. The number of nitrogens with one attached hydrogen (secondary N) is 5. The molecule has 1 amide bonds. The molecule has 0 aromatic heterocycles. The van der Waals surface area contributed by atoms with Gasteiger partial charge in [-0.3, -0.25) is 15.0 Å². The minimum Gasteiger partial charge on any atom is -0.339 e. The van der Waals surface area contributed by atoms with Gasteiger partial charge in [-0.2, -0.15) is 0 Å². The number of fused-ring (bicyclic) bond motifs is 1. The van der Waals surface area contributed by atoms with Gasteiger partial charge in [0.15, 0.2) is 0 Å². The van der Waals surface area contributed by atoms with Gasteiger partial charge in [0.25, 0.3) is 0 Å². The lowest BCUT2D eigenvalue weighted by atomic mass is 9.79. The Morgan fingerprint density at radius 3 is 2.58 bits per heavy atom. The van der Waals surface area contributed by atoms with Gasteiger partial charge >= 0.3 is 0 Å². The first-order valence-corrected chi connectivity index (χ1v) is 8.94. The average molecular weight is 344 g/mol. The van der Waals surface area contributed by atoms with Gasteiger partial charge in [0.05, 0.1) is 24.3 Å². The first-order valence-electron chi connectivity index (χ1n) is 8.94. The second kappa shape index (κ2) is 6.80. The number of hydrazine groups is 1. The highest BCUT2D eigenvalue weighted by molar-refractivity contribution is 5.81. The van der Waals surface area contributed by atoms with E-state index in [4.69, 9.17) is 0 Å². The summed E-state index contributed by atoms with van der Waals surface area (Å²) in [6.07, 6.45) is -0.670. The standard InChI is InChI=1S/C15H26F2N6O/c16-8-1-2-9-12(13(8)17)15(24)20-14(19-9)10-3-4-11(22-21-10)23-6-5-18-7-23/h8-14,18-19,21-22H,1-7H2,(H,20,24). The Morgan fingerprint density at radius 1 is 1.04 bits per heavy atom. The van der Waals surface area contributed by atoms with E-state index in [1.165, 1.54) is 0 Å². The Bertz CT molecular complexity index is 469. The molecule has 4 fully saturated rings. The molecule has 3 aliphatic heterocycles. The highest BCUT2D eigenvalue weighted by atomic mass is 19.2. The molecule has 0 spiro atoms. The van der Waals surface area contributed by atoms with Gasteiger partial charge in [-0.25, -0.2) is 19.6 Å². The van der Waals surface area contributed by atoms with Crippen molar-refractivity contribution in [1.82, 2.24) is 31.7 Å². The van der Waals surface area contributed by atoms with E-state index in [1.807, 2.05) is 0 Å². The fourth-order valence-electron chi connectivity index (χ4n) is 4.38. The molecule has 24 heavy (non-hydrogen) atoms. The fourth-order valence-corrected chi connectivity index (χ4v) is 4.38. The molecular weight excluding hydrogens is 318 g/mol. The lowest BCUT2D eigenvalue weighted by molar-refractivity contribution is -0.137. The minimum absolute atomic E-state index is 0.0304. The third-order valence-corrected chi connectivity index (χ3v) is 5.79.